The van der Waals surface area contributed by atoms with E-state index in [1.807, 2.05) is 25.1 Å². The third kappa shape index (κ3) is 3.44. The Bertz CT molecular complexity index is 581. The Kier molecular flexibility index (Phi) is 4.88. The number of benzene rings is 2. The highest BCUT2D eigenvalue weighted by Gasteiger charge is 2.15. The van der Waals surface area contributed by atoms with Crippen molar-refractivity contribution in [2.75, 3.05) is 0 Å². The van der Waals surface area contributed by atoms with Gasteiger partial charge in [0.15, 0.2) is 0 Å². The molecule has 0 bridgehead atoms. The molecule has 0 fully saturated rings. The molecule has 0 radical (unpaired) electrons. The highest BCUT2D eigenvalue weighted by atomic mass is 19.1. The summed E-state index contributed by atoms with van der Waals surface area (Å²) in [7, 11) is 0. The second-order valence-electron chi connectivity index (χ2n) is 5.21. The average Bonchev–Trinajstić information content (AvgIpc) is 2.45. The van der Waals surface area contributed by atoms with Crippen LogP contribution in [-0.4, -0.2) is 0 Å². The molecule has 0 spiro atoms. The number of rotatable bonds is 5. The van der Waals surface area contributed by atoms with Gasteiger partial charge in [-0.3, -0.25) is 11.3 Å². The Morgan fingerprint density at radius 2 is 1.90 bits per heavy atom. The maximum Gasteiger partial charge on any atom is 0.128 e. The van der Waals surface area contributed by atoms with E-state index in [-0.39, 0.29) is 11.9 Å². The lowest BCUT2D eigenvalue weighted by Crippen LogP contribution is -2.29. The third-order valence-electron chi connectivity index (χ3n) is 3.69. The zero-order valence-electron chi connectivity index (χ0n) is 12.0. The van der Waals surface area contributed by atoms with Gasteiger partial charge in [0.2, 0.25) is 0 Å². The minimum Gasteiger partial charge on any atom is -0.271 e. The number of hydrazine groups is 1. The molecule has 2 rings (SSSR count). The molecule has 2 nitrogen and oxygen atoms in total. The van der Waals surface area contributed by atoms with Crippen LogP contribution in [0.1, 0.15) is 34.7 Å². The van der Waals surface area contributed by atoms with Crippen LogP contribution in [0.4, 0.5) is 4.39 Å². The van der Waals surface area contributed by atoms with Crippen molar-refractivity contribution < 1.29 is 4.39 Å². The summed E-state index contributed by atoms with van der Waals surface area (Å²) < 4.78 is 13.9. The van der Waals surface area contributed by atoms with E-state index in [4.69, 9.17) is 5.84 Å². The first-order valence-corrected chi connectivity index (χ1v) is 6.88. The molecule has 0 aliphatic rings. The molecule has 106 valence electrons. The van der Waals surface area contributed by atoms with Crippen molar-refractivity contribution in [2.24, 2.45) is 5.84 Å². The Balaban J connectivity index is 2.13. The number of hydrogen-bond acceptors (Lipinski definition) is 2. The Morgan fingerprint density at radius 1 is 1.15 bits per heavy atom. The smallest absolute Gasteiger partial charge is 0.128 e. The Hall–Kier alpha value is -1.71. The fourth-order valence-corrected chi connectivity index (χ4v) is 2.45. The van der Waals surface area contributed by atoms with E-state index in [2.05, 4.69) is 24.5 Å². The molecule has 2 aromatic carbocycles. The summed E-state index contributed by atoms with van der Waals surface area (Å²) in [5, 5.41) is 0. The van der Waals surface area contributed by atoms with Gasteiger partial charge in [0.25, 0.3) is 0 Å². The molecule has 0 aromatic heterocycles. The van der Waals surface area contributed by atoms with E-state index in [0.29, 0.717) is 5.56 Å². The molecule has 0 aliphatic heterocycles. The lowest BCUT2D eigenvalue weighted by atomic mass is 9.96. The molecule has 2 aromatic rings. The van der Waals surface area contributed by atoms with Gasteiger partial charge in [0, 0.05) is 11.6 Å². The summed E-state index contributed by atoms with van der Waals surface area (Å²) in [6.45, 7) is 4.05. The Labute approximate surface area is 119 Å². The summed E-state index contributed by atoms with van der Waals surface area (Å²) in [4.78, 5) is 0. The molecule has 0 saturated heterocycles. The highest BCUT2D eigenvalue weighted by Crippen LogP contribution is 2.23. The van der Waals surface area contributed by atoms with Gasteiger partial charge in [-0.2, -0.15) is 0 Å². The zero-order valence-corrected chi connectivity index (χ0v) is 12.0. The molecule has 1 unspecified atom stereocenters. The van der Waals surface area contributed by atoms with Gasteiger partial charge in [-0.1, -0.05) is 42.0 Å². The van der Waals surface area contributed by atoms with Crippen molar-refractivity contribution in [3.63, 3.8) is 0 Å². The van der Waals surface area contributed by atoms with Crippen molar-refractivity contribution in [1.82, 2.24) is 5.43 Å². The number of halogens is 1. The SMILES string of the molecule is Cc1ccc(F)c(C(CCc2ccccc2C)NN)c1. The monoisotopic (exact) mass is 272 g/mol. The van der Waals surface area contributed by atoms with Crippen molar-refractivity contribution in [2.45, 2.75) is 32.7 Å². The lowest BCUT2D eigenvalue weighted by Gasteiger charge is -2.18. The van der Waals surface area contributed by atoms with Gasteiger partial charge in [0.1, 0.15) is 5.82 Å². The van der Waals surface area contributed by atoms with Crippen molar-refractivity contribution in [1.29, 1.82) is 0 Å². The molecule has 0 aliphatic carbocycles. The summed E-state index contributed by atoms with van der Waals surface area (Å²) in [6, 6.07) is 13.2. The van der Waals surface area contributed by atoms with E-state index in [9.17, 15) is 4.39 Å². The molecule has 20 heavy (non-hydrogen) atoms. The van der Waals surface area contributed by atoms with Crippen molar-refractivity contribution in [3.05, 3.63) is 70.5 Å². The summed E-state index contributed by atoms with van der Waals surface area (Å²) in [6.07, 6.45) is 1.64. The first-order chi connectivity index (χ1) is 9.61. The van der Waals surface area contributed by atoms with Crippen LogP contribution in [0.3, 0.4) is 0 Å². The lowest BCUT2D eigenvalue weighted by molar-refractivity contribution is 0.485. The predicted octanol–water partition coefficient (Wildman–Crippen LogP) is 3.58. The normalized spacial score (nSPS) is 12.4. The topological polar surface area (TPSA) is 38.0 Å². The molecule has 3 heteroatoms. The molecule has 0 amide bonds. The Morgan fingerprint density at radius 3 is 2.60 bits per heavy atom. The number of aryl methyl sites for hydroxylation is 3. The van der Waals surface area contributed by atoms with Crippen LogP contribution in [0.25, 0.3) is 0 Å². The fourth-order valence-electron chi connectivity index (χ4n) is 2.45. The predicted molar refractivity (Wildman–Crippen MR) is 80.7 cm³/mol. The van der Waals surface area contributed by atoms with Crippen LogP contribution in [-0.2, 0) is 6.42 Å². The van der Waals surface area contributed by atoms with Crippen LogP contribution in [0, 0.1) is 19.7 Å². The first kappa shape index (κ1) is 14.7. The van der Waals surface area contributed by atoms with Gasteiger partial charge >= 0.3 is 0 Å². The van der Waals surface area contributed by atoms with Gasteiger partial charge in [-0.15, -0.1) is 0 Å². The molecule has 1 atom stereocenters. The molecule has 3 N–H and O–H groups in total. The van der Waals surface area contributed by atoms with Crippen LogP contribution in [0.15, 0.2) is 42.5 Å². The molecule has 0 saturated carbocycles. The van der Waals surface area contributed by atoms with Gasteiger partial charge in [-0.25, -0.2) is 4.39 Å². The molecule has 0 heterocycles. The minimum absolute atomic E-state index is 0.172. The van der Waals surface area contributed by atoms with Crippen LogP contribution in [0.2, 0.25) is 0 Å². The maximum absolute atomic E-state index is 13.9. The molecular formula is C17H21FN2. The fraction of sp³-hybridized carbons (Fsp3) is 0.294. The minimum atomic E-state index is -0.205. The quantitative estimate of drug-likeness (QED) is 0.645. The maximum atomic E-state index is 13.9. The van der Waals surface area contributed by atoms with E-state index < -0.39 is 0 Å². The molecular weight excluding hydrogens is 251 g/mol. The summed E-state index contributed by atoms with van der Waals surface area (Å²) in [5.41, 5.74) is 6.95. The van der Waals surface area contributed by atoms with Crippen molar-refractivity contribution in [3.8, 4) is 0 Å². The van der Waals surface area contributed by atoms with Gasteiger partial charge in [-0.05, 0) is 43.9 Å². The second-order valence-corrected chi connectivity index (χ2v) is 5.21. The van der Waals surface area contributed by atoms with Gasteiger partial charge in [0.05, 0.1) is 0 Å². The first-order valence-electron chi connectivity index (χ1n) is 6.88. The van der Waals surface area contributed by atoms with E-state index in [1.165, 1.54) is 17.2 Å². The average molecular weight is 272 g/mol. The number of nitrogens with two attached hydrogens (primary N) is 1. The summed E-state index contributed by atoms with van der Waals surface area (Å²) in [5.74, 6) is 5.40. The van der Waals surface area contributed by atoms with E-state index >= 15 is 0 Å². The highest BCUT2D eigenvalue weighted by molar-refractivity contribution is 5.29. The number of hydrogen-bond donors (Lipinski definition) is 2. The number of nitrogens with one attached hydrogen (secondary N) is 1. The second kappa shape index (κ2) is 6.64. The zero-order chi connectivity index (χ0) is 14.5. The van der Waals surface area contributed by atoms with Crippen LogP contribution < -0.4 is 11.3 Å². The van der Waals surface area contributed by atoms with Crippen molar-refractivity contribution >= 4 is 0 Å². The van der Waals surface area contributed by atoms with Crippen LogP contribution in [0.5, 0.6) is 0 Å². The largest absolute Gasteiger partial charge is 0.271 e. The van der Waals surface area contributed by atoms with Gasteiger partial charge < -0.3 is 0 Å². The summed E-state index contributed by atoms with van der Waals surface area (Å²) >= 11 is 0. The van der Waals surface area contributed by atoms with Crippen LogP contribution >= 0.6 is 0 Å². The van der Waals surface area contributed by atoms with E-state index in [1.54, 1.807) is 6.07 Å². The standard InChI is InChI=1S/C17H21FN2/c1-12-7-9-16(18)15(11-12)17(20-19)10-8-14-6-4-3-5-13(14)2/h3-7,9,11,17,20H,8,10,19H2,1-2H3. The van der Waals surface area contributed by atoms with E-state index in [0.717, 1.165) is 18.4 Å². The third-order valence-corrected chi connectivity index (χ3v) is 3.69.